The van der Waals surface area contributed by atoms with E-state index in [1.165, 1.54) is 25.5 Å². The van der Waals surface area contributed by atoms with Crippen molar-refractivity contribution in [1.82, 2.24) is 14.0 Å². The predicted octanol–water partition coefficient (Wildman–Crippen LogP) is 1.88. The maximum Gasteiger partial charge on any atom is 0.330 e. The van der Waals surface area contributed by atoms with Crippen molar-refractivity contribution in [3.05, 3.63) is 68.5 Å². The van der Waals surface area contributed by atoms with Gasteiger partial charge in [0.2, 0.25) is 0 Å². The molecule has 1 saturated carbocycles. The zero-order chi connectivity index (χ0) is 17.3. The van der Waals surface area contributed by atoms with E-state index in [-0.39, 0.29) is 11.2 Å². The minimum absolute atomic E-state index is 0.244. The highest BCUT2D eigenvalue weighted by Gasteiger charge is 2.32. The van der Waals surface area contributed by atoms with Crippen LogP contribution in [0, 0.1) is 5.92 Å². The average molecular weight is 327 g/mol. The molecule has 0 radical (unpaired) electrons. The average Bonchev–Trinajstić information content (AvgIpc) is 3.42. The smallest absolute Gasteiger partial charge is 0.299 e. The molecule has 128 valence electrons. The largest absolute Gasteiger partial charge is 0.330 e. The molecule has 24 heavy (non-hydrogen) atoms. The molecule has 0 amide bonds. The summed E-state index contributed by atoms with van der Waals surface area (Å²) in [7, 11) is 3.25. The van der Waals surface area contributed by atoms with Crippen LogP contribution in [0.4, 0.5) is 0 Å². The number of benzene rings is 1. The molecule has 1 heterocycles. The summed E-state index contributed by atoms with van der Waals surface area (Å²) in [5.74, 6) is 0.720. The van der Waals surface area contributed by atoms with Crippen molar-refractivity contribution < 1.29 is 0 Å². The van der Waals surface area contributed by atoms with E-state index in [0.29, 0.717) is 12.6 Å². The fraction of sp³-hybridized carbons (Fsp3) is 0.474. The van der Waals surface area contributed by atoms with Gasteiger partial charge in [-0.15, -0.1) is 0 Å². The van der Waals surface area contributed by atoms with Crippen molar-refractivity contribution >= 4 is 0 Å². The summed E-state index contributed by atoms with van der Waals surface area (Å²) in [4.78, 5) is 26.5. The number of hydrogen-bond donors (Lipinski definition) is 0. The fourth-order valence-electron chi connectivity index (χ4n) is 3.18. The van der Waals surface area contributed by atoms with E-state index in [4.69, 9.17) is 0 Å². The van der Waals surface area contributed by atoms with Gasteiger partial charge in [-0.05, 0) is 31.2 Å². The van der Waals surface area contributed by atoms with E-state index < -0.39 is 0 Å². The second-order valence-electron chi connectivity index (χ2n) is 6.84. The molecule has 1 atom stereocenters. The van der Waals surface area contributed by atoms with Crippen molar-refractivity contribution in [2.45, 2.75) is 38.9 Å². The molecule has 1 fully saturated rings. The molecule has 0 spiro atoms. The van der Waals surface area contributed by atoms with Gasteiger partial charge in [0.1, 0.15) is 0 Å². The van der Waals surface area contributed by atoms with E-state index >= 15 is 0 Å². The molecule has 0 saturated heterocycles. The number of rotatable bonds is 6. The zero-order valence-electron chi connectivity index (χ0n) is 14.6. The highest BCUT2D eigenvalue weighted by atomic mass is 16.2. The quantitative estimate of drug-likeness (QED) is 0.814. The van der Waals surface area contributed by atoms with Crippen molar-refractivity contribution in [2.24, 2.45) is 20.0 Å². The lowest BCUT2D eigenvalue weighted by atomic mass is 10.1. The standard InChI is InChI=1S/C19H25N3O2/c1-14(16-9-10-16)22(12-15-7-5-4-6-8-15)13-17-11-18(23)21(3)19(24)20(17)2/h4-8,11,14,16H,9-10,12-13H2,1-3H3/t14-/m1/s1. The molecule has 3 rings (SSSR count). The van der Waals surface area contributed by atoms with Crippen LogP contribution in [0.25, 0.3) is 0 Å². The van der Waals surface area contributed by atoms with E-state index in [1.54, 1.807) is 17.7 Å². The van der Waals surface area contributed by atoms with Gasteiger partial charge in [0.05, 0.1) is 0 Å². The molecule has 0 bridgehead atoms. The van der Waals surface area contributed by atoms with Crippen LogP contribution < -0.4 is 11.2 Å². The number of aromatic nitrogens is 2. The van der Waals surface area contributed by atoms with Crippen LogP contribution in [0.3, 0.4) is 0 Å². The van der Waals surface area contributed by atoms with Crippen LogP contribution in [-0.4, -0.2) is 20.1 Å². The minimum Gasteiger partial charge on any atom is -0.299 e. The lowest BCUT2D eigenvalue weighted by Gasteiger charge is -2.30. The molecule has 0 unspecified atom stereocenters. The molecular weight excluding hydrogens is 302 g/mol. The first kappa shape index (κ1) is 16.7. The Bertz CT molecular complexity index is 819. The summed E-state index contributed by atoms with van der Waals surface area (Å²) in [6.45, 7) is 3.68. The topological polar surface area (TPSA) is 47.2 Å². The lowest BCUT2D eigenvalue weighted by Crippen LogP contribution is -2.41. The second-order valence-corrected chi connectivity index (χ2v) is 6.84. The Labute approximate surface area is 142 Å². The summed E-state index contributed by atoms with van der Waals surface area (Å²) in [6, 6.07) is 12.4. The first-order valence-electron chi connectivity index (χ1n) is 8.51. The third kappa shape index (κ3) is 3.51. The summed E-state index contributed by atoms with van der Waals surface area (Å²) >= 11 is 0. The summed E-state index contributed by atoms with van der Waals surface area (Å²) in [6.07, 6.45) is 2.53. The molecule has 1 aromatic heterocycles. The normalized spacial score (nSPS) is 15.7. The van der Waals surface area contributed by atoms with Gasteiger partial charge in [-0.3, -0.25) is 18.8 Å². The number of hydrogen-bond acceptors (Lipinski definition) is 3. The Morgan fingerprint density at radius 2 is 1.75 bits per heavy atom. The third-order valence-corrected chi connectivity index (χ3v) is 5.10. The first-order chi connectivity index (χ1) is 11.5. The van der Waals surface area contributed by atoms with Gasteiger partial charge in [-0.1, -0.05) is 30.3 Å². The Kier molecular flexibility index (Phi) is 4.71. The molecule has 1 aromatic carbocycles. The van der Waals surface area contributed by atoms with Gasteiger partial charge in [0, 0.05) is 45.0 Å². The van der Waals surface area contributed by atoms with E-state index in [2.05, 4.69) is 24.0 Å². The molecule has 1 aliphatic carbocycles. The van der Waals surface area contributed by atoms with Gasteiger partial charge in [-0.25, -0.2) is 4.79 Å². The fourth-order valence-corrected chi connectivity index (χ4v) is 3.18. The van der Waals surface area contributed by atoms with Crippen molar-refractivity contribution in [2.75, 3.05) is 0 Å². The van der Waals surface area contributed by atoms with Crippen LogP contribution in [0.5, 0.6) is 0 Å². The van der Waals surface area contributed by atoms with Gasteiger partial charge >= 0.3 is 5.69 Å². The Hall–Kier alpha value is -2.14. The highest BCUT2D eigenvalue weighted by Crippen LogP contribution is 2.36. The van der Waals surface area contributed by atoms with E-state index in [9.17, 15) is 9.59 Å². The zero-order valence-corrected chi connectivity index (χ0v) is 14.6. The Balaban J connectivity index is 1.89. The van der Waals surface area contributed by atoms with Crippen LogP contribution >= 0.6 is 0 Å². The molecular formula is C19H25N3O2. The lowest BCUT2D eigenvalue weighted by molar-refractivity contribution is 0.167. The van der Waals surface area contributed by atoms with Crippen molar-refractivity contribution in [3.63, 3.8) is 0 Å². The van der Waals surface area contributed by atoms with Crippen molar-refractivity contribution in [1.29, 1.82) is 0 Å². The van der Waals surface area contributed by atoms with E-state index in [0.717, 1.165) is 22.7 Å². The van der Waals surface area contributed by atoms with Gasteiger partial charge in [0.25, 0.3) is 5.56 Å². The monoisotopic (exact) mass is 327 g/mol. The predicted molar refractivity (Wildman–Crippen MR) is 94.8 cm³/mol. The molecule has 5 heteroatoms. The maximum absolute atomic E-state index is 12.2. The van der Waals surface area contributed by atoms with Crippen LogP contribution in [0.2, 0.25) is 0 Å². The van der Waals surface area contributed by atoms with Crippen LogP contribution in [-0.2, 0) is 27.2 Å². The Morgan fingerprint density at radius 3 is 2.38 bits per heavy atom. The molecule has 2 aromatic rings. The summed E-state index contributed by atoms with van der Waals surface area (Å²) in [5.41, 5.74) is 1.51. The van der Waals surface area contributed by atoms with E-state index in [1.807, 2.05) is 18.2 Å². The maximum atomic E-state index is 12.2. The highest BCUT2D eigenvalue weighted by molar-refractivity contribution is 5.15. The van der Waals surface area contributed by atoms with Crippen LogP contribution in [0.15, 0.2) is 46.0 Å². The third-order valence-electron chi connectivity index (χ3n) is 5.10. The molecule has 0 aliphatic heterocycles. The van der Waals surface area contributed by atoms with Crippen LogP contribution in [0.1, 0.15) is 31.0 Å². The van der Waals surface area contributed by atoms with Gasteiger partial charge in [-0.2, -0.15) is 0 Å². The summed E-state index contributed by atoms with van der Waals surface area (Å²) in [5, 5.41) is 0. The second kappa shape index (κ2) is 6.77. The van der Waals surface area contributed by atoms with Gasteiger partial charge in [0.15, 0.2) is 0 Å². The number of nitrogens with zero attached hydrogens (tertiary/aromatic N) is 3. The Morgan fingerprint density at radius 1 is 1.08 bits per heavy atom. The molecule has 5 nitrogen and oxygen atoms in total. The van der Waals surface area contributed by atoms with Gasteiger partial charge < -0.3 is 0 Å². The molecule has 1 aliphatic rings. The minimum atomic E-state index is -0.267. The van der Waals surface area contributed by atoms with Crippen molar-refractivity contribution in [3.8, 4) is 0 Å². The summed E-state index contributed by atoms with van der Waals surface area (Å²) < 4.78 is 2.73. The first-order valence-corrected chi connectivity index (χ1v) is 8.51. The molecule has 0 N–H and O–H groups in total. The SMILES string of the molecule is C[C@H](C1CC1)N(Cc1ccccc1)Cc1cc(=O)n(C)c(=O)n1C.